The minimum absolute atomic E-state index is 0.231. The highest BCUT2D eigenvalue weighted by Crippen LogP contribution is 2.36. The quantitative estimate of drug-likeness (QED) is 0.391. The fourth-order valence-electron chi connectivity index (χ4n) is 3.20. The zero-order chi connectivity index (χ0) is 19.4. The number of imide groups is 1. The Morgan fingerprint density at radius 1 is 1.26 bits per heavy atom. The number of rotatable bonds is 5. The van der Waals surface area contributed by atoms with Crippen LogP contribution in [-0.4, -0.2) is 17.7 Å². The molecule has 1 aromatic carbocycles. The Kier molecular flexibility index (Phi) is 5.79. The highest BCUT2D eigenvalue weighted by Gasteiger charge is 2.42. The molecule has 0 saturated carbocycles. The van der Waals surface area contributed by atoms with Gasteiger partial charge < -0.3 is 9.73 Å². The Labute approximate surface area is 170 Å². The number of carbonyl (C=O) groups is 3. The Morgan fingerprint density at radius 3 is 2.59 bits per heavy atom. The monoisotopic (exact) mass is 478 g/mol. The molecule has 0 spiro atoms. The topological polar surface area (TPSA) is 88.4 Å². The van der Waals surface area contributed by atoms with Crippen molar-refractivity contribution in [2.45, 2.75) is 31.6 Å². The molecule has 1 saturated heterocycles. The zero-order valence-corrected chi connectivity index (χ0v) is 16.9. The van der Waals surface area contributed by atoms with E-state index in [-0.39, 0.29) is 17.7 Å². The summed E-state index contributed by atoms with van der Waals surface area (Å²) in [6.45, 7) is 1.94. The third-order valence-electron chi connectivity index (χ3n) is 4.77. The van der Waals surface area contributed by atoms with E-state index in [1.807, 2.05) is 25.1 Å². The van der Waals surface area contributed by atoms with Crippen molar-refractivity contribution < 1.29 is 18.8 Å². The SMILES string of the molecule is CCC1(c2ccc(NC(=O)/C=C/c3ccc(I)o3)cc2)CCC(=O)NC1=O. The minimum Gasteiger partial charge on any atom is -0.451 e. The zero-order valence-electron chi connectivity index (χ0n) is 14.8. The second-order valence-corrected chi connectivity index (χ2v) is 7.42. The van der Waals surface area contributed by atoms with Gasteiger partial charge in [0.25, 0.3) is 0 Å². The van der Waals surface area contributed by atoms with Gasteiger partial charge in [0.05, 0.1) is 5.41 Å². The first kappa shape index (κ1) is 19.3. The molecule has 2 heterocycles. The summed E-state index contributed by atoms with van der Waals surface area (Å²) in [5.74, 6) is -0.159. The van der Waals surface area contributed by atoms with Crippen LogP contribution >= 0.6 is 22.6 Å². The smallest absolute Gasteiger partial charge is 0.248 e. The van der Waals surface area contributed by atoms with Crippen LogP contribution in [0.5, 0.6) is 0 Å². The molecule has 1 aliphatic heterocycles. The molecular weight excluding hydrogens is 459 g/mol. The second kappa shape index (κ2) is 8.08. The molecular formula is C20H19IN2O4. The lowest BCUT2D eigenvalue weighted by molar-refractivity contribution is -0.138. The molecule has 3 amide bonds. The first-order valence-electron chi connectivity index (χ1n) is 8.62. The highest BCUT2D eigenvalue weighted by atomic mass is 127. The first-order chi connectivity index (χ1) is 12.9. The third kappa shape index (κ3) is 4.29. The molecule has 6 nitrogen and oxygen atoms in total. The van der Waals surface area contributed by atoms with Gasteiger partial charge in [-0.3, -0.25) is 19.7 Å². The van der Waals surface area contributed by atoms with Gasteiger partial charge in [0.2, 0.25) is 17.7 Å². The van der Waals surface area contributed by atoms with E-state index in [2.05, 4.69) is 33.2 Å². The number of nitrogens with one attached hydrogen (secondary N) is 2. The van der Waals surface area contributed by atoms with Gasteiger partial charge in [-0.1, -0.05) is 19.1 Å². The molecule has 140 valence electrons. The minimum atomic E-state index is -0.702. The molecule has 1 aromatic heterocycles. The first-order valence-corrected chi connectivity index (χ1v) is 9.70. The van der Waals surface area contributed by atoms with Crippen LogP contribution in [0, 0.1) is 3.77 Å². The van der Waals surface area contributed by atoms with Crippen LogP contribution < -0.4 is 10.6 Å². The van der Waals surface area contributed by atoms with E-state index < -0.39 is 5.41 Å². The van der Waals surface area contributed by atoms with Crippen molar-refractivity contribution in [2.75, 3.05) is 5.32 Å². The predicted molar refractivity (Wildman–Crippen MR) is 110 cm³/mol. The molecule has 7 heteroatoms. The molecule has 2 N–H and O–H groups in total. The fourth-order valence-corrected chi connectivity index (χ4v) is 3.63. The Balaban J connectivity index is 1.69. The lowest BCUT2D eigenvalue weighted by Gasteiger charge is -2.35. The van der Waals surface area contributed by atoms with Crippen LogP contribution in [0.4, 0.5) is 5.69 Å². The molecule has 2 aromatic rings. The van der Waals surface area contributed by atoms with Crippen LogP contribution in [0.3, 0.4) is 0 Å². The van der Waals surface area contributed by atoms with E-state index in [1.54, 1.807) is 24.3 Å². The summed E-state index contributed by atoms with van der Waals surface area (Å²) in [6, 6.07) is 10.8. The number of halogens is 1. The van der Waals surface area contributed by atoms with Crippen molar-refractivity contribution in [3.05, 3.63) is 57.6 Å². The summed E-state index contributed by atoms with van der Waals surface area (Å²) in [5, 5.41) is 5.21. The molecule has 27 heavy (non-hydrogen) atoms. The Morgan fingerprint density at radius 2 is 2.00 bits per heavy atom. The lowest BCUT2D eigenvalue weighted by atomic mass is 9.72. The van der Waals surface area contributed by atoms with Crippen LogP contribution in [0.15, 0.2) is 46.9 Å². The standard InChI is InChI=1S/C20H19IN2O4/c1-2-20(12-11-18(25)23-19(20)26)13-3-5-14(6-4-13)22-17(24)10-8-15-7-9-16(21)27-15/h3-10H,2,11-12H2,1H3,(H,22,24)(H,23,25,26)/b10-8+. The average molecular weight is 478 g/mol. The number of hydrogen-bond acceptors (Lipinski definition) is 4. The summed E-state index contributed by atoms with van der Waals surface area (Å²) in [4.78, 5) is 35.9. The van der Waals surface area contributed by atoms with E-state index in [4.69, 9.17) is 4.42 Å². The summed E-state index contributed by atoms with van der Waals surface area (Å²) in [6.07, 6.45) is 4.42. The maximum atomic E-state index is 12.4. The van der Waals surface area contributed by atoms with E-state index >= 15 is 0 Å². The molecule has 0 bridgehead atoms. The molecule has 1 fully saturated rings. The van der Waals surface area contributed by atoms with Gasteiger partial charge in [-0.2, -0.15) is 0 Å². The molecule has 1 unspecified atom stereocenters. The van der Waals surface area contributed by atoms with Crippen molar-refractivity contribution in [1.82, 2.24) is 5.32 Å². The Bertz CT molecular complexity index is 901. The number of piperidine rings is 1. The van der Waals surface area contributed by atoms with Gasteiger partial charge >= 0.3 is 0 Å². The second-order valence-electron chi connectivity index (χ2n) is 6.35. The molecule has 0 aliphatic carbocycles. The number of hydrogen-bond donors (Lipinski definition) is 2. The van der Waals surface area contributed by atoms with Gasteiger partial charge in [-0.15, -0.1) is 0 Å². The lowest BCUT2D eigenvalue weighted by Crippen LogP contribution is -2.51. The van der Waals surface area contributed by atoms with Gasteiger partial charge in [-0.05, 0) is 71.3 Å². The maximum absolute atomic E-state index is 12.4. The normalized spacial score (nSPS) is 19.9. The van der Waals surface area contributed by atoms with E-state index in [0.29, 0.717) is 30.7 Å². The average Bonchev–Trinajstić information content (AvgIpc) is 3.07. The van der Waals surface area contributed by atoms with Crippen molar-refractivity contribution in [2.24, 2.45) is 0 Å². The fraction of sp³-hybridized carbons (Fsp3) is 0.250. The van der Waals surface area contributed by atoms with Crippen LogP contribution in [0.2, 0.25) is 0 Å². The van der Waals surface area contributed by atoms with Gasteiger partial charge in [0.15, 0.2) is 3.77 Å². The van der Waals surface area contributed by atoms with Crippen molar-refractivity contribution in [3.63, 3.8) is 0 Å². The number of carbonyl (C=O) groups excluding carboxylic acids is 3. The van der Waals surface area contributed by atoms with Crippen molar-refractivity contribution >= 4 is 52.1 Å². The molecule has 1 aliphatic rings. The molecule has 3 rings (SSSR count). The van der Waals surface area contributed by atoms with Crippen LogP contribution in [-0.2, 0) is 19.8 Å². The van der Waals surface area contributed by atoms with E-state index in [0.717, 1.165) is 9.33 Å². The molecule has 0 radical (unpaired) electrons. The summed E-state index contributed by atoms with van der Waals surface area (Å²) < 4.78 is 6.12. The van der Waals surface area contributed by atoms with E-state index in [9.17, 15) is 14.4 Å². The van der Waals surface area contributed by atoms with E-state index in [1.165, 1.54) is 6.08 Å². The highest BCUT2D eigenvalue weighted by molar-refractivity contribution is 14.1. The number of furan rings is 1. The van der Waals surface area contributed by atoms with Crippen molar-refractivity contribution in [3.8, 4) is 0 Å². The number of amides is 3. The maximum Gasteiger partial charge on any atom is 0.248 e. The van der Waals surface area contributed by atoms with Crippen LogP contribution in [0.25, 0.3) is 6.08 Å². The number of anilines is 1. The van der Waals surface area contributed by atoms with Gasteiger partial charge in [0.1, 0.15) is 5.76 Å². The van der Waals surface area contributed by atoms with Crippen molar-refractivity contribution in [1.29, 1.82) is 0 Å². The number of benzene rings is 1. The van der Waals surface area contributed by atoms with Crippen LogP contribution in [0.1, 0.15) is 37.5 Å². The molecule has 1 atom stereocenters. The third-order valence-corrected chi connectivity index (χ3v) is 5.35. The summed E-state index contributed by atoms with van der Waals surface area (Å²) >= 11 is 2.06. The summed E-state index contributed by atoms with van der Waals surface area (Å²) in [5.41, 5.74) is 0.766. The summed E-state index contributed by atoms with van der Waals surface area (Å²) in [7, 11) is 0. The Hall–Kier alpha value is -2.42. The van der Waals surface area contributed by atoms with Gasteiger partial charge in [0, 0.05) is 18.2 Å². The predicted octanol–water partition coefficient (Wildman–Crippen LogP) is 3.62. The largest absolute Gasteiger partial charge is 0.451 e. The van der Waals surface area contributed by atoms with Gasteiger partial charge in [-0.25, -0.2) is 0 Å².